The van der Waals surface area contributed by atoms with Gasteiger partial charge in [0.05, 0.1) is 17.5 Å². The lowest BCUT2D eigenvalue weighted by Crippen LogP contribution is -2.30. The molecule has 7 nitrogen and oxygen atoms in total. The lowest BCUT2D eigenvalue weighted by atomic mass is 9.93. The van der Waals surface area contributed by atoms with Crippen LogP contribution in [0, 0.1) is 0 Å². The summed E-state index contributed by atoms with van der Waals surface area (Å²) in [5, 5.41) is 3.03. The van der Waals surface area contributed by atoms with E-state index in [0.29, 0.717) is 11.3 Å². The largest absolute Gasteiger partial charge is 0.293 e. The maximum absolute atomic E-state index is 12.2. The Morgan fingerprint density at radius 1 is 1.43 bits per heavy atom. The third-order valence-corrected chi connectivity index (χ3v) is 4.80. The van der Waals surface area contributed by atoms with Crippen LogP contribution in [0.3, 0.4) is 0 Å². The Bertz CT molecular complexity index is 888. The molecule has 0 saturated carbocycles. The van der Waals surface area contributed by atoms with Gasteiger partial charge in [-0.15, -0.1) is 6.58 Å². The number of hydrogen-bond acceptors (Lipinski definition) is 4. The maximum Gasteiger partial charge on any atom is 0.272 e. The molecule has 2 aromatic rings. The van der Waals surface area contributed by atoms with Crippen molar-refractivity contribution >= 4 is 15.7 Å². The first-order valence-corrected chi connectivity index (χ1v) is 8.93. The minimum absolute atomic E-state index is 0.155. The molecule has 0 unspecified atom stereocenters. The molecule has 0 aliphatic rings. The van der Waals surface area contributed by atoms with Crippen molar-refractivity contribution in [3.63, 3.8) is 0 Å². The van der Waals surface area contributed by atoms with Crippen LogP contribution in [0.5, 0.6) is 0 Å². The maximum atomic E-state index is 12.2. The van der Waals surface area contributed by atoms with Crippen molar-refractivity contribution in [1.29, 1.82) is 0 Å². The fraction of sp³-hybridized carbons (Fsp3) is 0.467. The van der Waals surface area contributed by atoms with Crippen LogP contribution in [0.4, 0.5) is 0 Å². The van der Waals surface area contributed by atoms with E-state index in [1.165, 1.54) is 16.7 Å². The summed E-state index contributed by atoms with van der Waals surface area (Å²) in [4.78, 5) is 16.6. The van der Waals surface area contributed by atoms with Crippen molar-refractivity contribution in [2.75, 3.05) is 5.75 Å². The standard InChI is InChI=1S/C15H22N4O3S/c1-6-7-23(21,22)18-10(2)11-8-14(20)19-13(16-11)9-12(17-19)15(3,4)5/h6,8-10,17-18H,1,7H2,2-5H3/t10-/m1/s1. The number of rotatable bonds is 5. The van der Waals surface area contributed by atoms with Crippen molar-refractivity contribution in [2.24, 2.45) is 0 Å². The van der Waals surface area contributed by atoms with Crippen LogP contribution in [0.25, 0.3) is 5.65 Å². The number of nitrogens with zero attached hydrogens (tertiary/aromatic N) is 2. The first-order chi connectivity index (χ1) is 10.5. The highest BCUT2D eigenvalue weighted by Gasteiger charge is 2.20. The molecule has 2 N–H and O–H groups in total. The van der Waals surface area contributed by atoms with Crippen molar-refractivity contribution in [2.45, 2.75) is 39.2 Å². The van der Waals surface area contributed by atoms with Crippen LogP contribution in [0.15, 0.2) is 29.6 Å². The third kappa shape index (κ3) is 3.89. The number of H-pyrrole nitrogens is 1. The van der Waals surface area contributed by atoms with Gasteiger partial charge in [-0.05, 0) is 6.92 Å². The third-order valence-electron chi connectivity index (χ3n) is 3.42. The predicted octanol–water partition coefficient (Wildman–Crippen LogP) is 1.49. The Balaban J connectivity index is 2.43. The molecule has 0 aliphatic heterocycles. The first-order valence-electron chi connectivity index (χ1n) is 7.27. The van der Waals surface area contributed by atoms with Crippen molar-refractivity contribution in [3.8, 4) is 0 Å². The van der Waals surface area contributed by atoms with Gasteiger partial charge < -0.3 is 0 Å². The molecule has 0 bridgehead atoms. The molecular weight excluding hydrogens is 316 g/mol. The molecule has 2 aromatic heterocycles. The van der Waals surface area contributed by atoms with Crippen LogP contribution in [-0.4, -0.2) is 28.8 Å². The second-order valence-corrected chi connectivity index (χ2v) is 8.34. The molecule has 2 rings (SSSR count). The monoisotopic (exact) mass is 338 g/mol. The quantitative estimate of drug-likeness (QED) is 0.807. The van der Waals surface area contributed by atoms with Crippen LogP contribution in [0.1, 0.15) is 45.1 Å². The Morgan fingerprint density at radius 2 is 2.09 bits per heavy atom. The average molecular weight is 338 g/mol. The summed E-state index contributed by atoms with van der Waals surface area (Å²) in [6.45, 7) is 11.1. The molecule has 1 atom stereocenters. The number of aromatic nitrogens is 3. The van der Waals surface area contributed by atoms with E-state index in [1.807, 2.05) is 20.8 Å². The van der Waals surface area contributed by atoms with E-state index in [0.717, 1.165) is 5.69 Å². The molecule has 126 valence electrons. The Morgan fingerprint density at radius 3 is 2.65 bits per heavy atom. The molecule has 23 heavy (non-hydrogen) atoms. The number of aromatic amines is 1. The van der Waals surface area contributed by atoms with E-state index in [2.05, 4.69) is 21.4 Å². The molecule has 8 heteroatoms. The summed E-state index contributed by atoms with van der Waals surface area (Å²) in [7, 11) is -3.49. The van der Waals surface area contributed by atoms with Gasteiger partial charge in [-0.2, -0.15) is 0 Å². The van der Waals surface area contributed by atoms with Crippen molar-refractivity contribution < 1.29 is 8.42 Å². The number of nitrogens with one attached hydrogen (secondary N) is 2. The zero-order chi connectivity index (χ0) is 17.4. The summed E-state index contributed by atoms with van der Waals surface area (Å²) in [5.74, 6) is -0.184. The van der Waals surface area contributed by atoms with E-state index in [4.69, 9.17) is 0 Å². The molecule has 2 heterocycles. The van der Waals surface area contributed by atoms with E-state index in [-0.39, 0.29) is 16.7 Å². The first kappa shape index (κ1) is 17.4. The predicted molar refractivity (Wildman–Crippen MR) is 90.0 cm³/mol. The highest BCUT2D eigenvalue weighted by molar-refractivity contribution is 7.89. The molecule has 0 amide bonds. The van der Waals surface area contributed by atoms with E-state index >= 15 is 0 Å². The van der Waals surface area contributed by atoms with Gasteiger partial charge in [0.2, 0.25) is 10.0 Å². The minimum Gasteiger partial charge on any atom is -0.293 e. The highest BCUT2D eigenvalue weighted by atomic mass is 32.2. The van der Waals surface area contributed by atoms with E-state index in [1.54, 1.807) is 13.0 Å². The Kier molecular flexibility index (Phi) is 4.50. The van der Waals surface area contributed by atoms with Crippen molar-refractivity contribution in [3.05, 3.63) is 46.5 Å². The fourth-order valence-corrected chi connectivity index (χ4v) is 3.21. The minimum atomic E-state index is -3.49. The summed E-state index contributed by atoms with van der Waals surface area (Å²) in [6, 6.07) is 2.53. The molecule has 0 saturated heterocycles. The van der Waals surface area contributed by atoms with Gasteiger partial charge in [-0.25, -0.2) is 22.6 Å². The van der Waals surface area contributed by atoms with Gasteiger partial charge in [-0.3, -0.25) is 9.89 Å². The number of hydrogen-bond donors (Lipinski definition) is 2. The molecule has 0 radical (unpaired) electrons. The van der Waals surface area contributed by atoms with Gasteiger partial charge in [0.25, 0.3) is 5.56 Å². The van der Waals surface area contributed by atoms with Crippen molar-refractivity contribution in [1.82, 2.24) is 19.3 Å². The number of sulfonamides is 1. The van der Waals surface area contributed by atoms with Crippen LogP contribution in [0.2, 0.25) is 0 Å². The second-order valence-electron chi connectivity index (χ2n) is 6.54. The lowest BCUT2D eigenvalue weighted by molar-refractivity contribution is 0.560. The Labute approximate surface area is 135 Å². The summed E-state index contributed by atoms with van der Waals surface area (Å²) >= 11 is 0. The van der Waals surface area contributed by atoms with Crippen LogP contribution < -0.4 is 10.3 Å². The summed E-state index contributed by atoms with van der Waals surface area (Å²) < 4.78 is 27.4. The summed E-state index contributed by atoms with van der Waals surface area (Å²) in [5.41, 5.74) is 1.28. The zero-order valence-corrected chi connectivity index (χ0v) is 14.6. The van der Waals surface area contributed by atoms with E-state index < -0.39 is 16.1 Å². The zero-order valence-electron chi connectivity index (χ0n) is 13.8. The molecule has 0 spiro atoms. The topological polar surface area (TPSA) is 96.3 Å². The number of fused-ring (bicyclic) bond motifs is 1. The van der Waals surface area contributed by atoms with Gasteiger partial charge in [0.15, 0.2) is 5.65 Å². The van der Waals surface area contributed by atoms with Gasteiger partial charge in [-0.1, -0.05) is 26.8 Å². The van der Waals surface area contributed by atoms with Gasteiger partial charge >= 0.3 is 0 Å². The normalized spacial score (nSPS) is 14.1. The lowest BCUT2D eigenvalue weighted by Gasteiger charge is -2.14. The second kappa shape index (κ2) is 5.93. The smallest absolute Gasteiger partial charge is 0.272 e. The molecule has 0 aliphatic carbocycles. The van der Waals surface area contributed by atoms with Gasteiger partial charge in [0, 0.05) is 23.2 Å². The van der Waals surface area contributed by atoms with Gasteiger partial charge in [0.1, 0.15) is 0 Å². The highest BCUT2D eigenvalue weighted by Crippen LogP contribution is 2.21. The SMILES string of the molecule is C=CCS(=O)(=O)N[C@H](C)c1cc(=O)n2[nH]c(C(C)(C)C)cc2n1. The molecule has 0 aromatic carbocycles. The van der Waals surface area contributed by atoms with Crippen LogP contribution >= 0.6 is 0 Å². The molecular formula is C15H22N4O3S. The average Bonchev–Trinajstić information content (AvgIpc) is 2.82. The Hall–Kier alpha value is -1.93. The fourth-order valence-electron chi connectivity index (χ4n) is 2.15. The summed E-state index contributed by atoms with van der Waals surface area (Å²) in [6.07, 6.45) is 1.31. The van der Waals surface area contributed by atoms with E-state index in [9.17, 15) is 13.2 Å². The molecule has 0 fully saturated rings. The van der Waals surface area contributed by atoms with Crippen LogP contribution in [-0.2, 0) is 15.4 Å².